The predicted molar refractivity (Wildman–Crippen MR) is 123 cm³/mol. The van der Waals surface area contributed by atoms with Crippen molar-refractivity contribution < 1.29 is 24.2 Å². The lowest BCUT2D eigenvalue weighted by Gasteiger charge is -2.58. The third kappa shape index (κ3) is 3.82. The van der Waals surface area contributed by atoms with Gasteiger partial charge >= 0.3 is 11.9 Å². The maximum Gasteiger partial charge on any atom is 0.305 e. The van der Waals surface area contributed by atoms with Gasteiger partial charge in [-0.15, -0.1) is 0 Å². The maximum atomic E-state index is 11.7. The molecule has 2 unspecified atom stereocenters. The number of hydrogen-bond acceptors (Lipinski definition) is 5. The number of carbonyl (C=O) groups excluding carboxylic acids is 2. The summed E-state index contributed by atoms with van der Waals surface area (Å²) in [5, 5.41) is 11.6. The number of esters is 2. The molecule has 9 atom stereocenters. The van der Waals surface area contributed by atoms with Gasteiger partial charge in [-0.1, -0.05) is 32.4 Å². The van der Waals surface area contributed by atoms with Gasteiger partial charge in [0.25, 0.3) is 0 Å². The van der Waals surface area contributed by atoms with Gasteiger partial charge in [0.05, 0.1) is 13.2 Å². The Morgan fingerprint density at radius 2 is 1.94 bits per heavy atom. The number of ether oxygens (including phenoxy) is 2. The molecule has 5 nitrogen and oxygen atoms in total. The minimum absolute atomic E-state index is 0.0491. The Labute approximate surface area is 193 Å². The highest BCUT2D eigenvalue weighted by molar-refractivity contribution is 5.69. The summed E-state index contributed by atoms with van der Waals surface area (Å²) in [6.45, 7) is 8.48. The summed E-state index contributed by atoms with van der Waals surface area (Å²) in [6, 6.07) is 0. The second-order valence-electron chi connectivity index (χ2n) is 11.6. The van der Waals surface area contributed by atoms with Gasteiger partial charge in [-0.05, 0) is 86.4 Å². The van der Waals surface area contributed by atoms with Crippen LogP contribution in [0.5, 0.6) is 0 Å². The van der Waals surface area contributed by atoms with Crippen LogP contribution in [0.3, 0.4) is 0 Å². The molecule has 0 bridgehead atoms. The lowest BCUT2D eigenvalue weighted by molar-refractivity contribution is -0.151. The van der Waals surface area contributed by atoms with Gasteiger partial charge in [-0.2, -0.15) is 0 Å². The van der Waals surface area contributed by atoms with Gasteiger partial charge < -0.3 is 14.6 Å². The quantitative estimate of drug-likeness (QED) is 0.472. The molecule has 3 saturated carbocycles. The summed E-state index contributed by atoms with van der Waals surface area (Å²) in [4.78, 5) is 23.2. The molecule has 4 aliphatic carbocycles. The Kier molecular flexibility index (Phi) is 6.52. The summed E-state index contributed by atoms with van der Waals surface area (Å²) >= 11 is 0. The van der Waals surface area contributed by atoms with Gasteiger partial charge in [0, 0.05) is 18.8 Å². The van der Waals surface area contributed by atoms with Gasteiger partial charge in [0.15, 0.2) is 0 Å². The lowest BCUT2D eigenvalue weighted by Crippen LogP contribution is -2.53. The largest absolute Gasteiger partial charge is 0.469 e. The fourth-order valence-corrected chi connectivity index (χ4v) is 8.44. The van der Waals surface area contributed by atoms with E-state index in [-0.39, 0.29) is 28.9 Å². The van der Waals surface area contributed by atoms with Crippen molar-refractivity contribution in [3.63, 3.8) is 0 Å². The number of rotatable bonds is 5. The van der Waals surface area contributed by atoms with Crippen molar-refractivity contribution in [2.75, 3.05) is 7.11 Å². The van der Waals surface area contributed by atoms with Crippen molar-refractivity contribution >= 4 is 11.9 Å². The molecule has 4 aliphatic rings. The Bertz CT molecular complexity index is 774. The van der Waals surface area contributed by atoms with Gasteiger partial charge in [-0.3, -0.25) is 9.59 Å². The van der Waals surface area contributed by atoms with E-state index in [4.69, 9.17) is 9.47 Å². The van der Waals surface area contributed by atoms with E-state index in [1.165, 1.54) is 38.9 Å². The van der Waals surface area contributed by atoms with E-state index in [2.05, 4.69) is 26.8 Å². The van der Waals surface area contributed by atoms with Crippen LogP contribution in [0.15, 0.2) is 11.6 Å². The molecule has 0 aliphatic heterocycles. The molecule has 0 aromatic heterocycles. The van der Waals surface area contributed by atoms with Gasteiger partial charge in [-0.25, -0.2) is 0 Å². The Balaban J connectivity index is 1.55. The van der Waals surface area contributed by atoms with Crippen LogP contribution in [0.4, 0.5) is 0 Å². The van der Waals surface area contributed by atoms with Crippen LogP contribution in [-0.4, -0.2) is 36.4 Å². The average molecular weight is 447 g/mol. The number of carbonyl (C=O) groups is 2. The monoisotopic (exact) mass is 446 g/mol. The average Bonchev–Trinajstić information content (AvgIpc) is 3.11. The number of hydrogen-bond donors (Lipinski definition) is 1. The first kappa shape index (κ1) is 23.8. The van der Waals surface area contributed by atoms with E-state index in [0.717, 1.165) is 32.1 Å². The van der Waals surface area contributed by atoms with Gasteiger partial charge in [0.1, 0.15) is 6.10 Å². The van der Waals surface area contributed by atoms with Crippen molar-refractivity contribution in [1.82, 2.24) is 0 Å². The third-order valence-corrected chi connectivity index (χ3v) is 10.2. The van der Waals surface area contributed by atoms with E-state index in [1.807, 2.05) is 0 Å². The fourth-order valence-electron chi connectivity index (χ4n) is 8.44. The molecular formula is C27H42O5. The number of aliphatic hydroxyl groups excluding tert-OH is 1. The van der Waals surface area contributed by atoms with Crippen LogP contribution in [-0.2, 0) is 19.1 Å². The van der Waals surface area contributed by atoms with E-state index in [0.29, 0.717) is 36.0 Å². The molecular weight excluding hydrogens is 404 g/mol. The first-order valence-corrected chi connectivity index (χ1v) is 12.8. The summed E-state index contributed by atoms with van der Waals surface area (Å²) in [5.41, 5.74) is 1.48. The smallest absolute Gasteiger partial charge is 0.305 e. The first-order chi connectivity index (χ1) is 15.1. The van der Waals surface area contributed by atoms with Crippen LogP contribution in [0.25, 0.3) is 0 Å². The minimum Gasteiger partial charge on any atom is -0.469 e. The van der Waals surface area contributed by atoms with E-state index in [9.17, 15) is 14.7 Å². The minimum atomic E-state index is -0.436. The molecule has 0 radical (unpaired) electrons. The molecule has 0 heterocycles. The molecule has 0 saturated heterocycles. The summed E-state index contributed by atoms with van der Waals surface area (Å²) in [7, 11) is 1.45. The normalized spacial score (nSPS) is 43.9. The number of aliphatic hydroxyl groups is 1. The third-order valence-electron chi connectivity index (χ3n) is 10.2. The lowest BCUT2D eigenvalue weighted by atomic mass is 9.47. The van der Waals surface area contributed by atoms with E-state index in [1.54, 1.807) is 0 Å². The Morgan fingerprint density at radius 1 is 1.19 bits per heavy atom. The standard InChI is InChI=1S/C27H42O5/c1-16(6-11-25(30)31-5)21-9-10-22-20-8-7-18-14-19(32-17(2)28)12-13-26(18,3)23(20)15-24(29)27(21,22)4/h15-16,18-22,24,29H,6-14H2,1-5H3/t16-,18-,19-,20+,21-,22?,24?,26+,27-/m1/s1. The molecule has 1 N–H and O–H groups in total. The highest BCUT2D eigenvalue weighted by atomic mass is 16.5. The van der Waals surface area contributed by atoms with Crippen LogP contribution in [0.2, 0.25) is 0 Å². The SMILES string of the molecule is COC(=O)CC[C@@H](C)[C@H]1CCC2[C@@H]3CC[C@@H]4C[C@H](OC(C)=O)CC[C@]4(C)C3=CC(O)[C@@]21C. The second-order valence-corrected chi connectivity index (χ2v) is 11.6. The van der Waals surface area contributed by atoms with E-state index < -0.39 is 6.10 Å². The van der Waals surface area contributed by atoms with E-state index >= 15 is 0 Å². The number of allylic oxidation sites excluding steroid dienone is 1. The molecule has 0 aromatic rings. The zero-order valence-electron chi connectivity index (χ0n) is 20.6. The predicted octanol–water partition coefficient (Wildman–Crippen LogP) is 5.06. The molecule has 5 heteroatoms. The zero-order valence-corrected chi connectivity index (χ0v) is 20.6. The van der Waals surface area contributed by atoms with Crippen LogP contribution < -0.4 is 0 Å². The molecule has 32 heavy (non-hydrogen) atoms. The first-order valence-electron chi connectivity index (χ1n) is 12.8. The van der Waals surface area contributed by atoms with Crippen molar-refractivity contribution in [3.05, 3.63) is 11.6 Å². The molecule has 0 spiro atoms. The van der Waals surface area contributed by atoms with Crippen LogP contribution in [0.1, 0.15) is 85.5 Å². The second kappa shape index (κ2) is 8.77. The highest BCUT2D eigenvalue weighted by Gasteiger charge is 2.60. The van der Waals surface area contributed by atoms with Gasteiger partial charge in [0.2, 0.25) is 0 Å². The fraction of sp³-hybridized carbons (Fsp3) is 0.852. The van der Waals surface area contributed by atoms with Crippen molar-refractivity contribution in [2.24, 2.45) is 40.4 Å². The maximum absolute atomic E-state index is 11.7. The molecule has 3 fully saturated rings. The van der Waals surface area contributed by atoms with Crippen molar-refractivity contribution in [3.8, 4) is 0 Å². The summed E-state index contributed by atoms with van der Waals surface area (Å²) in [6.07, 6.45) is 10.7. The topological polar surface area (TPSA) is 72.8 Å². The Morgan fingerprint density at radius 3 is 2.62 bits per heavy atom. The highest BCUT2D eigenvalue weighted by Crippen LogP contribution is 2.66. The van der Waals surface area contributed by atoms with Crippen LogP contribution in [0, 0.1) is 40.4 Å². The molecule has 4 rings (SSSR count). The molecule has 0 amide bonds. The van der Waals surface area contributed by atoms with Crippen LogP contribution >= 0.6 is 0 Å². The van der Waals surface area contributed by atoms with Crippen molar-refractivity contribution in [1.29, 1.82) is 0 Å². The molecule has 0 aromatic carbocycles. The summed E-state index contributed by atoms with van der Waals surface area (Å²) < 4.78 is 10.4. The summed E-state index contributed by atoms with van der Waals surface area (Å²) in [5.74, 6) is 2.08. The zero-order chi connectivity index (χ0) is 23.3. The number of methoxy groups -OCH3 is 1. The van der Waals surface area contributed by atoms with Crippen molar-refractivity contribution in [2.45, 2.75) is 97.7 Å². The number of fused-ring (bicyclic) bond motifs is 5. The Hall–Kier alpha value is -1.36. The molecule has 180 valence electrons.